The highest BCUT2D eigenvalue weighted by atomic mass is 16.3. The molecule has 0 aromatic heterocycles. The number of unbranched alkanes of at least 4 members (excludes halogenated alkanes) is 60. The maximum Gasteiger partial charge on any atom is 0.220 e. The highest BCUT2D eigenvalue weighted by Gasteiger charge is 2.20. The Hall–Kier alpha value is -1.13. The number of carbonyl (C=O) groups excluding carboxylic acids is 1. The number of amides is 1. The first kappa shape index (κ1) is 78.9. The third-order valence-electron chi connectivity index (χ3n) is 18.0. The highest BCUT2D eigenvalue weighted by molar-refractivity contribution is 5.76. The van der Waals surface area contributed by atoms with Gasteiger partial charge in [0.25, 0.3) is 0 Å². The molecule has 4 heteroatoms. The van der Waals surface area contributed by atoms with E-state index in [1.807, 2.05) is 0 Å². The third-order valence-corrected chi connectivity index (χ3v) is 18.0. The van der Waals surface area contributed by atoms with Crippen molar-refractivity contribution in [2.75, 3.05) is 6.61 Å². The summed E-state index contributed by atoms with van der Waals surface area (Å²) in [6.07, 6.45) is 98.4. The van der Waals surface area contributed by atoms with Gasteiger partial charge in [0.05, 0.1) is 18.8 Å². The van der Waals surface area contributed by atoms with E-state index < -0.39 is 12.1 Å². The largest absolute Gasteiger partial charge is 0.394 e. The molecule has 0 aromatic carbocycles. The Balaban J connectivity index is 3.36. The summed E-state index contributed by atoms with van der Waals surface area (Å²) in [4.78, 5) is 12.6. The molecule has 0 fully saturated rings. The second-order valence-electron chi connectivity index (χ2n) is 26.1. The van der Waals surface area contributed by atoms with Crippen LogP contribution in [-0.4, -0.2) is 34.9 Å². The van der Waals surface area contributed by atoms with E-state index in [9.17, 15) is 15.0 Å². The Kier molecular flexibility index (Phi) is 71.1. The number of rotatable bonds is 71. The van der Waals surface area contributed by atoms with Gasteiger partial charge < -0.3 is 15.5 Å². The van der Waals surface area contributed by atoms with Gasteiger partial charge in [0.2, 0.25) is 5.91 Å². The van der Waals surface area contributed by atoms with Crippen LogP contribution in [0.1, 0.15) is 438 Å². The van der Waals surface area contributed by atoms with Gasteiger partial charge >= 0.3 is 0 Å². The Morgan fingerprint density at radius 3 is 0.750 bits per heavy atom. The number of aliphatic hydroxyl groups excluding tert-OH is 2. The van der Waals surface area contributed by atoms with Crippen LogP contribution in [0.25, 0.3) is 0 Å². The quantitative estimate of drug-likeness (QED) is 0.0420. The van der Waals surface area contributed by atoms with Gasteiger partial charge in [0.15, 0.2) is 0 Å². The topological polar surface area (TPSA) is 69.6 Å². The number of nitrogens with one attached hydrogen (secondary N) is 1. The average molecular weight is 1130 g/mol. The van der Waals surface area contributed by atoms with Crippen LogP contribution in [0.4, 0.5) is 0 Å². The van der Waals surface area contributed by atoms with Crippen LogP contribution in [0.2, 0.25) is 0 Å². The SMILES string of the molecule is CCCCCCC/C=C\C/C=C\CCCCCCCCCCCCCCCCCCCCCCCCCC(=O)NC(CO)C(O)CCCCCCCCCCCCCCCCCCCCCCCCCCCCCCCCCCC. The van der Waals surface area contributed by atoms with Crippen LogP contribution in [0.5, 0.6) is 0 Å². The molecule has 0 saturated heterocycles. The predicted octanol–water partition coefficient (Wildman–Crippen LogP) is 25.7. The standard InChI is InChI=1S/C76H149NO3/c1-3-5-7-9-11-13-15-17-19-21-23-25-27-29-31-33-35-37-38-40-42-44-46-48-50-52-54-56-58-60-62-64-66-68-70-72-76(80)77-74(73-78)75(79)71-69-67-65-63-61-59-57-55-53-51-49-47-45-43-41-39-36-34-32-30-28-26-24-22-20-18-16-14-12-10-8-6-4-2/h15,17,21,23,74-75,78-79H,3-14,16,18-20,22,24-73H2,1-2H3,(H,77,80)/b17-15-,23-21-. The zero-order chi connectivity index (χ0) is 57.6. The van der Waals surface area contributed by atoms with Crippen molar-refractivity contribution in [2.45, 2.75) is 450 Å². The minimum absolute atomic E-state index is 0.0206. The van der Waals surface area contributed by atoms with E-state index in [4.69, 9.17) is 0 Å². The van der Waals surface area contributed by atoms with Gasteiger partial charge in [0, 0.05) is 6.42 Å². The highest BCUT2D eigenvalue weighted by Crippen LogP contribution is 2.20. The molecular weight excluding hydrogens is 975 g/mol. The summed E-state index contributed by atoms with van der Waals surface area (Å²) in [5.41, 5.74) is 0. The van der Waals surface area contributed by atoms with E-state index >= 15 is 0 Å². The summed E-state index contributed by atoms with van der Waals surface area (Å²) in [6, 6.07) is -0.536. The number of carbonyl (C=O) groups is 1. The summed E-state index contributed by atoms with van der Waals surface area (Å²) in [7, 11) is 0. The molecule has 4 nitrogen and oxygen atoms in total. The summed E-state index contributed by atoms with van der Waals surface area (Å²) in [6.45, 7) is 4.40. The van der Waals surface area contributed by atoms with Gasteiger partial charge in [0.1, 0.15) is 0 Å². The smallest absolute Gasteiger partial charge is 0.220 e. The molecule has 0 saturated carbocycles. The maximum atomic E-state index is 12.6. The second-order valence-corrected chi connectivity index (χ2v) is 26.1. The van der Waals surface area contributed by atoms with E-state index in [0.717, 1.165) is 32.1 Å². The summed E-state index contributed by atoms with van der Waals surface area (Å²) in [5.74, 6) is -0.0206. The van der Waals surface area contributed by atoms with Crippen LogP contribution in [0.3, 0.4) is 0 Å². The minimum atomic E-state index is -0.659. The van der Waals surface area contributed by atoms with Gasteiger partial charge in [-0.2, -0.15) is 0 Å². The number of allylic oxidation sites excluding steroid dienone is 4. The Bertz CT molecular complexity index is 1180. The first-order valence-corrected chi connectivity index (χ1v) is 37.5. The molecule has 476 valence electrons. The number of aliphatic hydroxyl groups is 2. The van der Waals surface area contributed by atoms with Crippen molar-refractivity contribution in [3.63, 3.8) is 0 Å². The predicted molar refractivity (Wildman–Crippen MR) is 359 cm³/mol. The van der Waals surface area contributed by atoms with Crippen LogP contribution < -0.4 is 5.32 Å². The maximum absolute atomic E-state index is 12.6. The van der Waals surface area contributed by atoms with Gasteiger partial charge in [-0.05, 0) is 44.9 Å². The van der Waals surface area contributed by atoms with Crippen molar-refractivity contribution < 1.29 is 15.0 Å². The molecule has 2 atom stereocenters. The van der Waals surface area contributed by atoms with Gasteiger partial charge in [-0.3, -0.25) is 4.79 Å². The van der Waals surface area contributed by atoms with Crippen LogP contribution >= 0.6 is 0 Å². The normalized spacial score (nSPS) is 12.7. The molecule has 0 heterocycles. The van der Waals surface area contributed by atoms with Gasteiger partial charge in [-0.15, -0.1) is 0 Å². The first-order chi connectivity index (χ1) is 39.7. The fraction of sp³-hybridized carbons (Fsp3) is 0.934. The monoisotopic (exact) mass is 1120 g/mol. The molecule has 0 aliphatic carbocycles. The lowest BCUT2D eigenvalue weighted by Crippen LogP contribution is -2.45. The summed E-state index contributed by atoms with van der Waals surface area (Å²) >= 11 is 0. The molecular formula is C76H149NO3. The molecule has 2 unspecified atom stereocenters. The molecule has 0 aromatic rings. The molecule has 80 heavy (non-hydrogen) atoms. The molecule has 0 rings (SSSR count). The average Bonchev–Trinajstić information content (AvgIpc) is 3.46. The zero-order valence-electron chi connectivity index (χ0n) is 55.1. The summed E-state index contributed by atoms with van der Waals surface area (Å²) < 4.78 is 0. The molecule has 0 bridgehead atoms. The van der Waals surface area contributed by atoms with Gasteiger partial charge in [-0.1, -0.05) is 411 Å². The van der Waals surface area contributed by atoms with Crippen LogP contribution in [0.15, 0.2) is 24.3 Å². The first-order valence-electron chi connectivity index (χ1n) is 37.5. The van der Waals surface area contributed by atoms with Crippen molar-refractivity contribution in [1.29, 1.82) is 0 Å². The third kappa shape index (κ3) is 67.7. The fourth-order valence-corrected chi connectivity index (χ4v) is 12.3. The van der Waals surface area contributed by atoms with Crippen molar-refractivity contribution in [3.05, 3.63) is 24.3 Å². The van der Waals surface area contributed by atoms with E-state index in [0.29, 0.717) is 12.8 Å². The zero-order valence-corrected chi connectivity index (χ0v) is 55.1. The molecule has 0 radical (unpaired) electrons. The Morgan fingerprint density at radius 2 is 0.512 bits per heavy atom. The van der Waals surface area contributed by atoms with Crippen LogP contribution in [0, 0.1) is 0 Å². The minimum Gasteiger partial charge on any atom is -0.394 e. The molecule has 1 amide bonds. The van der Waals surface area contributed by atoms with E-state index in [-0.39, 0.29) is 12.5 Å². The van der Waals surface area contributed by atoms with Crippen LogP contribution in [-0.2, 0) is 4.79 Å². The summed E-state index contributed by atoms with van der Waals surface area (Å²) in [5, 5.41) is 23.5. The van der Waals surface area contributed by atoms with E-state index in [2.05, 4.69) is 43.5 Å². The lowest BCUT2D eigenvalue weighted by atomic mass is 10.0. The molecule has 0 aliphatic heterocycles. The molecule has 0 aliphatic rings. The van der Waals surface area contributed by atoms with Crippen molar-refractivity contribution in [2.24, 2.45) is 0 Å². The van der Waals surface area contributed by atoms with E-state index in [1.165, 1.54) is 379 Å². The lowest BCUT2D eigenvalue weighted by Gasteiger charge is -2.22. The number of hydrogen-bond acceptors (Lipinski definition) is 3. The van der Waals surface area contributed by atoms with Crippen molar-refractivity contribution >= 4 is 5.91 Å². The Labute approximate surface area is 504 Å². The van der Waals surface area contributed by atoms with Gasteiger partial charge in [-0.25, -0.2) is 0 Å². The van der Waals surface area contributed by atoms with Crippen molar-refractivity contribution in [1.82, 2.24) is 5.32 Å². The molecule has 3 N–H and O–H groups in total. The Morgan fingerprint density at radius 1 is 0.300 bits per heavy atom. The van der Waals surface area contributed by atoms with Crippen molar-refractivity contribution in [3.8, 4) is 0 Å². The molecule has 0 spiro atoms. The van der Waals surface area contributed by atoms with E-state index in [1.54, 1.807) is 0 Å². The number of hydrogen-bond donors (Lipinski definition) is 3. The lowest BCUT2D eigenvalue weighted by molar-refractivity contribution is -0.123. The second kappa shape index (κ2) is 72.1. The fourth-order valence-electron chi connectivity index (χ4n) is 12.3.